The number of nitrogens with zero attached hydrogens (tertiary/aromatic N) is 3. The van der Waals surface area contributed by atoms with Crippen LogP contribution in [0.1, 0.15) is 18.4 Å². The lowest BCUT2D eigenvalue weighted by molar-refractivity contribution is -0.122. The number of anilines is 1. The Kier molecular flexibility index (Phi) is 6.19. The van der Waals surface area contributed by atoms with Gasteiger partial charge in [-0.3, -0.25) is 9.89 Å². The molecule has 1 atom stereocenters. The number of likely N-dealkylation sites (tertiary alicyclic amines) is 1. The van der Waals surface area contributed by atoms with E-state index in [9.17, 15) is 9.59 Å². The Morgan fingerprint density at radius 2 is 1.89 bits per heavy atom. The molecule has 2 fully saturated rings. The fourth-order valence-electron chi connectivity index (χ4n) is 5.52. The van der Waals surface area contributed by atoms with Crippen molar-refractivity contribution in [2.45, 2.75) is 19.3 Å². The molecule has 1 spiro atoms. The van der Waals surface area contributed by atoms with E-state index in [1.165, 1.54) is 7.11 Å². The van der Waals surface area contributed by atoms with Crippen LogP contribution in [0.5, 0.6) is 5.75 Å². The van der Waals surface area contributed by atoms with Crippen LogP contribution < -0.4 is 9.64 Å². The Bertz CT molecular complexity index is 1180. The molecule has 1 aromatic heterocycles. The van der Waals surface area contributed by atoms with Crippen LogP contribution in [0.4, 0.5) is 10.5 Å². The van der Waals surface area contributed by atoms with E-state index in [0.717, 1.165) is 41.0 Å². The third-order valence-electron chi connectivity index (χ3n) is 7.55. The van der Waals surface area contributed by atoms with Gasteiger partial charge in [-0.1, -0.05) is 24.3 Å². The van der Waals surface area contributed by atoms with Crippen LogP contribution in [0.15, 0.2) is 60.9 Å². The van der Waals surface area contributed by atoms with E-state index in [0.29, 0.717) is 26.1 Å². The number of hydrogen-bond donors (Lipinski definition) is 1. The molecule has 1 N–H and O–H groups in total. The van der Waals surface area contributed by atoms with Crippen LogP contribution in [0.25, 0.3) is 11.1 Å². The molecule has 2 aliphatic heterocycles. The molecule has 2 aliphatic rings. The monoisotopic (exact) mass is 474 g/mol. The third kappa shape index (κ3) is 4.36. The Balaban J connectivity index is 1.43. The summed E-state index contributed by atoms with van der Waals surface area (Å²) in [5, 5.41) is 6.86. The zero-order valence-corrected chi connectivity index (χ0v) is 20.1. The van der Waals surface area contributed by atoms with Crippen molar-refractivity contribution >= 4 is 17.7 Å². The first-order valence-electron chi connectivity index (χ1n) is 11.9. The topological polar surface area (TPSA) is 87.8 Å². The number of ether oxygens (including phenoxy) is 2. The first kappa shape index (κ1) is 23.0. The fourth-order valence-corrected chi connectivity index (χ4v) is 5.52. The van der Waals surface area contributed by atoms with Crippen LogP contribution in [0.3, 0.4) is 0 Å². The molecule has 3 heterocycles. The second kappa shape index (κ2) is 9.44. The summed E-state index contributed by atoms with van der Waals surface area (Å²) in [5.74, 6) is 0.743. The lowest BCUT2D eigenvalue weighted by atomic mass is 9.68. The standard InChI is InChI=1S/C27H30N4O4/c1-34-23-5-3-4-19(14-23)15-24-25(32)31(18-27(24)10-12-30(13-11-27)26(33)35-2)22-8-6-20(7-9-22)21-16-28-29-17-21/h3-9,14,16-17,24H,10-13,15,18H2,1-2H3,(H,28,29). The molecule has 2 aromatic carbocycles. The molecule has 35 heavy (non-hydrogen) atoms. The van der Waals surface area contributed by atoms with Crippen molar-refractivity contribution < 1.29 is 19.1 Å². The van der Waals surface area contributed by atoms with Crippen molar-refractivity contribution in [2.75, 3.05) is 38.8 Å². The number of carbonyl (C=O) groups excluding carboxylic acids is 2. The summed E-state index contributed by atoms with van der Waals surface area (Å²) in [6.07, 6.45) is 5.48. The van der Waals surface area contributed by atoms with Gasteiger partial charge in [0.2, 0.25) is 5.91 Å². The number of rotatable bonds is 5. The van der Waals surface area contributed by atoms with Gasteiger partial charge in [0.1, 0.15) is 5.75 Å². The normalized spacial score (nSPS) is 19.3. The van der Waals surface area contributed by atoms with Gasteiger partial charge in [0, 0.05) is 48.4 Å². The van der Waals surface area contributed by atoms with Crippen LogP contribution in [-0.4, -0.2) is 61.0 Å². The van der Waals surface area contributed by atoms with Gasteiger partial charge in [-0.2, -0.15) is 5.10 Å². The molecule has 0 saturated carbocycles. The Morgan fingerprint density at radius 1 is 1.11 bits per heavy atom. The number of hydrogen-bond acceptors (Lipinski definition) is 5. The van der Waals surface area contributed by atoms with Crippen molar-refractivity contribution in [3.63, 3.8) is 0 Å². The van der Waals surface area contributed by atoms with Crippen molar-refractivity contribution in [1.29, 1.82) is 0 Å². The first-order chi connectivity index (χ1) is 17.0. The van der Waals surface area contributed by atoms with Gasteiger partial charge in [0.25, 0.3) is 0 Å². The van der Waals surface area contributed by atoms with Crippen molar-refractivity contribution in [1.82, 2.24) is 15.1 Å². The van der Waals surface area contributed by atoms with Crippen LogP contribution >= 0.6 is 0 Å². The number of nitrogens with one attached hydrogen (secondary N) is 1. The van der Waals surface area contributed by atoms with Crippen LogP contribution in [0, 0.1) is 11.3 Å². The number of benzene rings is 2. The zero-order valence-electron chi connectivity index (χ0n) is 20.1. The van der Waals surface area contributed by atoms with Gasteiger partial charge in [0.15, 0.2) is 0 Å². The summed E-state index contributed by atoms with van der Waals surface area (Å²) in [6, 6.07) is 16.0. The van der Waals surface area contributed by atoms with E-state index in [1.54, 1.807) is 18.2 Å². The molecule has 5 rings (SSSR count). The third-order valence-corrected chi connectivity index (χ3v) is 7.55. The lowest BCUT2D eigenvalue weighted by Crippen LogP contribution is -2.47. The highest BCUT2D eigenvalue weighted by Gasteiger charge is 2.53. The zero-order chi connectivity index (χ0) is 24.4. The first-order valence-corrected chi connectivity index (χ1v) is 11.9. The Labute approximate surface area is 204 Å². The second-order valence-corrected chi connectivity index (χ2v) is 9.39. The predicted molar refractivity (Wildman–Crippen MR) is 132 cm³/mol. The van der Waals surface area contributed by atoms with Gasteiger partial charge in [-0.15, -0.1) is 0 Å². The average molecular weight is 475 g/mol. The molecular weight excluding hydrogens is 444 g/mol. The van der Waals surface area contributed by atoms with E-state index in [2.05, 4.69) is 16.3 Å². The van der Waals surface area contributed by atoms with E-state index in [-0.39, 0.29) is 23.3 Å². The number of H-pyrrole nitrogens is 1. The number of carbonyl (C=O) groups is 2. The Hall–Kier alpha value is -3.81. The number of aromatic amines is 1. The summed E-state index contributed by atoms with van der Waals surface area (Å²) >= 11 is 0. The molecule has 2 saturated heterocycles. The Morgan fingerprint density at radius 3 is 2.54 bits per heavy atom. The molecule has 0 radical (unpaired) electrons. The predicted octanol–water partition coefficient (Wildman–Crippen LogP) is 4.14. The number of aromatic nitrogens is 2. The van der Waals surface area contributed by atoms with Gasteiger partial charge >= 0.3 is 6.09 Å². The maximum Gasteiger partial charge on any atom is 0.409 e. The van der Waals surface area contributed by atoms with E-state index < -0.39 is 0 Å². The molecule has 182 valence electrons. The largest absolute Gasteiger partial charge is 0.497 e. The number of methoxy groups -OCH3 is 2. The summed E-state index contributed by atoms with van der Waals surface area (Å²) in [5.41, 5.74) is 3.81. The fraction of sp³-hybridized carbons (Fsp3) is 0.370. The van der Waals surface area contributed by atoms with Crippen LogP contribution in [-0.2, 0) is 16.0 Å². The van der Waals surface area contributed by atoms with Gasteiger partial charge < -0.3 is 19.3 Å². The summed E-state index contributed by atoms with van der Waals surface area (Å²) in [7, 11) is 3.06. The van der Waals surface area contributed by atoms with Gasteiger partial charge in [-0.25, -0.2) is 4.79 Å². The minimum Gasteiger partial charge on any atom is -0.497 e. The molecule has 8 heteroatoms. The minimum absolute atomic E-state index is 0.135. The maximum absolute atomic E-state index is 13.9. The summed E-state index contributed by atoms with van der Waals surface area (Å²) < 4.78 is 10.3. The number of amides is 2. The molecule has 0 bridgehead atoms. The smallest absolute Gasteiger partial charge is 0.409 e. The van der Waals surface area contributed by atoms with Gasteiger partial charge in [-0.05, 0) is 54.7 Å². The molecule has 1 unspecified atom stereocenters. The molecule has 8 nitrogen and oxygen atoms in total. The van der Waals surface area contributed by atoms with Gasteiger partial charge in [0.05, 0.1) is 20.4 Å². The number of piperidine rings is 1. The van der Waals surface area contributed by atoms with E-state index in [1.807, 2.05) is 53.6 Å². The highest BCUT2D eigenvalue weighted by Crippen LogP contribution is 2.48. The second-order valence-electron chi connectivity index (χ2n) is 9.39. The molecular formula is C27H30N4O4. The van der Waals surface area contributed by atoms with E-state index >= 15 is 0 Å². The van der Waals surface area contributed by atoms with Crippen molar-refractivity contribution in [3.8, 4) is 16.9 Å². The highest BCUT2D eigenvalue weighted by molar-refractivity contribution is 5.98. The highest BCUT2D eigenvalue weighted by atomic mass is 16.5. The average Bonchev–Trinajstić information content (AvgIpc) is 3.53. The van der Waals surface area contributed by atoms with Crippen molar-refractivity contribution in [2.24, 2.45) is 11.3 Å². The van der Waals surface area contributed by atoms with E-state index in [4.69, 9.17) is 9.47 Å². The molecule has 3 aromatic rings. The quantitative estimate of drug-likeness (QED) is 0.601. The molecule has 2 amide bonds. The maximum atomic E-state index is 13.9. The summed E-state index contributed by atoms with van der Waals surface area (Å²) in [6.45, 7) is 1.81. The van der Waals surface area contributed by atoms with Crippen molar-refractivity contribution in [3.05, 3.63) is 66.5 Å². The SMILES string of the molecule is COC(=O)N1CCC2(CC1)CN(c1ccc(-c3cn[nH]c3)cc1)C(=O)C2Cc1cccc(OC)c1. The lowest BCUT2D eigenvalue weighted by Gasteiger charge is -2.41. The minimum atomic E-state index is -0.305. The summed E-state index contributed by atoms with van der Waals surface area (Å²) in [4.78, 5) is 29.7. The molecule has 0 aliphatic carbocycles. The van der Waals surface area contributed by atoms with Crippen LogP contribution in [0.2, 0.25) is 0 Å².